The number of carbonyl (C=O) groups is 1. The summed E-state index contributed by atoms with van der Waals surface area (Å²) in [5.41, 5.74) is 5.26. The molecule has 0 unspecified atom stereocenters. The van der Waals surface area contributed by atoms with Crippen LogP contribution in [0.25, 0.3) is 0 Å². The van der Waals surface area contributed by atoms with Crippen molar-refractivity contribution in [1.82, 2.24) is 0 Å². The Morgan fingerprint density at radius 3 is 2.63 bits per heavy atom. The summed E-state index contributed by atoms with van der Waals surface area (Å²) in [5.74, 6) is -2.34. The molecule has 1 amide bonds. The topological polar surface area (TPSA) is 55.1 Å². The van der Waals surface area contributed by atoms with Gasteiger partial charge in [-0.05, 0) is 30.3 Å². The van der Waals surface area contributed by atoms with Gasteiger partial charge in [-0.3, -0.25) is 4.79 Å². The molecule has 2 aromatic rings. The molecule has 0 spiro atoms. The second-order valence-corrected chi connectivity index (χ2v) is 4.20. The van der Waals surface area contributed by atoms with Crippen molar-refractivity contribution < 1.29 is 13.6 Å². The van der Waals surface area contributed by atoms with E-state index in [-0.39, 0.29) is 22.0 Å². The summed E-state index contributed by atoms with van der Waals surface area (Å²) in [6.07, 6.45) is 0. The van der Waals surface area contributed by atoms with Crippen molar-refractivity contribution in [3.8, 4) is 0 Å². The predicted molar refractivity (Wildman–Crippen MR) is 70.2 cm³/mol. The minimum absolute atomic E-state index is 0.0847. The zero-order valence-corrected chi connectivity index (χ0v) is 10.3. The van der Waals surface area contributed by atoms with E-state index in [1.807, 2.05) is 0 Å². The van der Waals surface area contributed by atoms with Gasteiger partial charge in [-0.2, -0.15) is 0 Å². The standard InChI is InChI=1S/C13H9ClF2N2O/c14-9-3-1-2-8(12(9)16)13(19)18-11-5-4-7(17)6-10(11)15/h1-6H,17H2,(H,18,19). The number of benzene rings is 2. The first-order chi connectivity index (χ1) is 8.99. The Labute approximate surface area is 113 Å². The van der Waals surface area contributed by atoms with Gasteiger partial charge in [-0.15, -0.1) is 0 Å². The first-order valence-corrected chi connectivity index (χ1v) is 5.67. The van der Waals surface area contributed by atoms with Crippen molar-refractivity contribution >= 4 is 28.9 Å². The van der Waals surface area contributed by atoms with E-state index in [4.69, 9.17) is 17.3 Å². The summed E-state index contributed by atoms with van der Waals surface area (Å²) in [5, 5.41) is 2.08. The Kier molecular flexibility index (Phi) is 3.66. The van der Waals surface area contributed by atoms with Gasteiger partial charge >= 0.3 is 0 Å². The van der Waals surface area contributed by atoms with Gasteiger partial charge in [0.1, 0.15) is 5.82 Å². The Bertz CT molecular complexity index is 647. The van der Waals surface area contributed by atoms with Gasteiger partial charge in [0.2, 0.25) is 0 Å². The number of amides is 1. The van der Waals surface area contributed by atoms with Crippen LogP contribution in [-0.2, 0) is 0 Å². The SMILES string of the molecule is Nc1ccc(NC(=O)c2cccc(Cl)c2F)c(F)c1. The lowest BCUT2D eigenvalue weighted by Crippen LogP contribution is -2.15. The highest BCUT2D eigenvalue weighted by atomic mass is 35.5. The highest BCUT2D eigenvalue weighted by Gasteiger charge is 2.15. The van der Waals surface area contributed by atoms with Gasteiger partial charge in [0, 0.05) is 5.69 Å². The monoisotopic (exact) mass is 282 g/mol. The lowest BCUT2D eigenvalue weighted by molar-refractivity contribution is 0.102. The fourth-order valence-corrected chi connectivity index (χ4v) is 1.68. The third-order valence-corrected chi connectivity index (χ3v) is 2.73. The molecule has 0 bridgehead atoms. The van der Waals surface area contributed by atoms with Gasteiger partial charge in [-0.1, -0.05) is 17.7 Å². The molecule has 0 aliphatic rings. The van der Waals surface area contributed by atoms with E-state index < -0.39 is 17.5 Å². The summed E-state index contributed by atoms with van der Waals surface area (Å²) < 4.78 is 27.1. The van der Waals surface area contributed by atoms with Crippen molar-refractivity contribution in [2.75, 3.05) is 11.1 Å². The number of nitrogen functional groups attached to an aromatic ring is 1. The third-order valence-electron chi connectivity index (χ3n) is 2.44. The summed E-state index contributed by atoms with van der Waals surface area (Å²) >= 11 is 5.57. The average Bonchev–Trinajstić information content (AvgIpc) is 2.36. The molecule has 0 aliphatic carbocycles. The highest BCUT2D eigenvalue weighted by molar-refractivity contribution is 6.31. The minimum atomic E-state index is -0.850. The molecular weight excluding hydrogens is 274 g/mol. The molecular formula is C13H9ClF2N2O. The first-order valence-electron chi connectivity index (χ1n) is 5.29. The fourth-order valence-electron chi connectivity index (χ4n) is 1.50. The molecule has 0 atom stereocenters. The normalized spacial score (nSPS) is 10.3. The van der Waals surface area contributed by atoms with Crippen molar-refractivity contribution in [2.24, 2.45) is 0 Å². The van der Waals surface area contributed by atoms with Crippen LogP contribution in [-0.4, -0.2) is 5.91 Å². The van der Waals surface area contributed by atoms with E-state index >= 15 is 0 Å². The van der Waals surface area contributed by atoms with Gasteiger partial charge in [0.05, 0.1) is 16.3 Å². The number of nitrogens with two attached hydrogens (primary N) is 1. The molecule has 0 aliphatic heterocycles. The molecule has 3 N–H and O–H groups in total. The molecule has 6 heteroatoms. The number of rotatable bonds is 2. The van der Waals surface area contributed by atoms with Crippen LogP contribution in [0.1, 0.15) is 10.4 Å². The maximum atomic E-state index is 13.6. The van der Waals surface area contributed by atoms with Gasteiger partial charge in [0.25, 0.3) is 5.91 Å². The zero-order valence-electron chi connectivity index (χ0n) is 9.58. The lowest BCUT2D eigenvalue weighted by Gasteiger charge is -2.08. The third kappa shape index (κ3) is 2.82. The van der Waals surface area contributed by atoms with Gasteiger partial charge in [0.15, 0.2) is 5.82 Å². The van der Waals surface area contributed by atoms with Crippen molar-refractivity contribution in [1.29, 1.82) is 0 Å². The molecule has 2 aromatic carbocycles. The molecule has 19 heavy (non-hydrogen) atoms. The summed E-state index contributed by atoms with van der Waals surface area (Å²) in [4.78, 5) is 11.8. The molecule has 0 heterocycles. The van der Waals surface area contributed by atoms with E-state index in [1.165, 1.54) is 30.3 Å². The van der Waals surface area contributed by atoms with Gasteiger partial charge in [-0.25, -0.2) is 8.78 Å². The number of nitrogens with one attached hydrogen (secondary N) is 1. The van der Waals surface area contributed by atoms with Crippen LogP contribution in [0.3, 0.4) is 0 Å². The number of carbonyl (C=O) groups excluding carboxylic acids is 1. The van der Waals surface area contributed by atoms with Crippen LogP contribution in [0, 0.1) is 11.6 Å². The van der Waals surface area contributed by atoms with Gasteiger partial charge < -0.3 is 11.1 Å². The average molecular weight is 283 g/mol. The zero-order chi connectivity index (χ0) is 14.0. The van der Waals surface area contributed by atoms with E-state index in [0.717, 1.165) is 6.07 Å². The second kappa shape index (κ2) is 5.24. The molecule has 0 radical (unpaired) electrons. The number of hydrogen-bond donors (Lipinski definition) is 2. The maximum Gasteiger partial charge on any atom is 0.258 e. The second-order valence-electron chi connectivity index (χ2n) is 3.79. The molecule has 3 nitrogen and oxygen atoms in total. The largest absolute Gasteiger partial charge is 0.399 e. The number of halogens is 3. The Hall–Kier alpha value is -2.14. The van der Waals surface area contributed by atoms with Crippen LogP contribution >= 0.6 is 11.6 Å². The first kappa shape index (κ1) is 13.3. The minimum Gasteiger partial charge on any atom is -0.399 e. The van der Waals surface area contributed by atoms with Crippen molar-refractivity contribution in [3.05, 3.63) is 58.6 Å². The van der Waals surface area contributed by atoms with Crippen molar-refractivity contribution in [2.45, 2.75) is 0 Å². The van der Waals surface area contributed by atoms with Crippen LogP contribution in [0.15, 0.2) is 36.4 Å². The summed E-state index contributed by atoms with van der Waals surface area (Å²) in [6.45, 7) is 0. The smallest absolute Gasteiger partial charge is 0.258 e. The van der Waals surface area contributed by atoms with Crippen LogP contribution in [0.5, 0.6) is 0 Å². The van der Waals surface area contributed by atoms with Crippen LogP contribution in [0.2, 0.25) is 5.02 Å². The summed E-state index contributed by atoms with van der Waals surface area (Å²) in [7, 11) is 0. The fraction of sp³-hybridized carbons (Fsp3) is 0. The van der Waals surface area contributed by atoms with Crippen molar-refractivity contribution in [3.63, 3.8) is 0 Å². The molecule has 0 fully saturated rings. The van der Waals surface area contributed by atoms with E-state index in [9.17, 15) is 13.6 Å². The number of hydrogen-bond acceptors (Lipinski definition) is 2. The van der Waals surface area contributed by atoms with E-state index in [2.05, 4.69) is 5.32 Å². The Morgan fingerprint density at radius 1 is 1.21 bits per heavy atom. The number of anilines is 2. The lowest BCUT2D eigenvalue weighted by atomic mass is 10.2. The maximum absolute atomic E-state index is 13.6. The Morgan fingerprint density at radius 2 is 1.95 bits per heavy atom. The molecule has 98 valence electrons. The molecule has 0 saturated carbocycles. The molecule has 0 aromatic heterocycles. The summed E-state index contributed by atoms with van der Waals surface area (Å²) in [6, 6.07) is 7.78. The molecule has 0 saturated heterocycles. The molecule has 2 rings (SSSR count). The van der Waals surface area contributed by atoms with E-state index in [1.54, 1.807) is 0 Å². The Balaban J connectivity index is 2.28. The quantitative estimate of drug-likeness (QED) is 0.829. The highest BCUT2D eigenvalue weighted by Crippen LogP contribution is 2.21. The van der Waals surface area contributed by atoms with E-state index in [0.29, 0.717) is 0 Å². The van der Waals surface area contributed by atoms with Crippen LogP contribution < -0.4 is 11.1 Å². The van der Waals surface area contributed by atoms with Crippen LogP contribution in [0.4, 0.5) is 20.2 Å². The predicted octanol–water partition coefficient (Wildman–Crippen LogP) is 3.45.